The number of rotatable bonds is 9. The zero-order valence-electron chi connectivity index (χ0n) is 8.49. The molecular formula is C9H20O4. The summed E-state index contributed by atoms with van der Waals surface area (Å²) >= 11 is 0. The van der Waals surface area contributed by atoms with Gasteiger partial charge in [0.1, 0.15) is 6.79 Å². The highest BCUT2D eigenvalue weighted by Gasteiger charge is 2.00. The maximum atomic E-state index is 8.61. The largest absolute Gasteiger partial charge is 0.396 e. The van der Waals surface area contributed by atoms with E-state index in [0.717, 1.165) is 6.42 Å². The molecule has 0 spiro atoms. The van der Waals surface area contributed by atoms with E-state index in [1.165, 1.54) is 0 Å². The van der Waals surface area contributed by atoms with Crippen LogP contribution in [0.25, 0.3) is 0 Å². The summed E-state index contributed by atoms with van der Waals surface area (Å²) in [5.41, 5.74) is 0. The Morgan fingerprint density at radius 1 is 1.23 bits per heavy atom. The van der Waals surface area contributed by atoms with Crippen molar-refractivity contribution in [3.63, 3.8) is 0 Å². The van der Waals surface area contributed by atoms with Gasteiger partial charge in [0.2, 0.25) is 0 Å². The monoisotopic (exact) mass is 192 g/mol. The van der Waals surface area contributed by atoms with Gasteiger partial charge in [-0.25, -0.2) is 0 Å². The summed E-state index contributed by atoms with van der Waals surface area (Å²) in [5, 5.41) is 8.61. The molecule has 0 aliphatic rings. The first-order valence-corrected chi connectivity index (χ1v) is 4.56. The Hall–Kier alpha value is -0.160. The Bertz CT molecular complexity index is 97.6. The number of ether oxygens (including phenoxy) is 3. The van der Waals surface area contributed by atoms with Crippen molar-refractivity contribution in [1.82, 2.24) is 0 Å². The van der Waals surface area contributed by atoms with Gasteiger partial charge in [0.15, 0.2) is 0 Å². The maximum absolute atomic E-state index is 8.61. The fourth-order valence-corrected chi connectivity index (χ4v) is 0.813. The van der Waals surface area contributed by atoms with E-state index in [-0.39, 0.29) is 6.61 Å². The summed E-state index contributed by atoms with van der Waals surface area (Å²) < 4.78 is 15.1. The van der Waals surface area contributed by atoms with Crippen molar-refractivity contribution in [2.75, 3.05) is 40.3 Å². The van der Waals surface area contributed by atoms with Gasteiger partial charge in [-0.05, 0) is 12.3 Å². The zero-order chi connectivity index (χ0) is 9.94. The van der Waals surface area contributed by atoms with Crippen molar-refractivity contribution in [2.24, 2.45) is 5.92 Å². The molecule has 0 radical (unpaired) electrons. The molecule has 0 aromatic heterocycles. The molecule has 13 heavy (non-hydrogen) atoms. The van der Waals surface area contributed by atoms with Crippen LogP contribution in [0.1, 0.15) is 13.3 Å². The van der Waals surface area contributed by atoms with Crippen LogP contribution in [0.5, 0.6) is 0 Å². The van der Waals surface area contributed by atoms with Crippen molar-refractivity contribution < 1.29 is 19.3 Å². The Balaban J connectivity index is 2.97. The smallest absolute Gasteiger partial charge is 0.146 e. The molecule has 0 aromatic rings. The van der Waals surface area contributed by atoms with Crippen molar-refractivity contribution in [3.8, 4) is 0 Å². The first-order chi connectivity index (χ1) is 6.31. The fourth-order valence-electron chi connectivity index (χ4n) is 0.813. The third-order valence-electron chi connectivity index (χ3n) is 1.62. The van der Waals surface area contributed by atoms with Crippen molar-refractivity contribution >= 4 is 0 Å². The third kappa shape index (κ3) is 9.76. The molecule has 0 aromatic carbocycles. The van der Waals surface area contributed by atoms with E-state index in [0.29, 0.717) is 32.5 Å². The Morgan fingerprint density at radius 3 is 2.62 bits per heavy atom. The quantitative estimate of drug-likeness (QED) is 0.430. The minimum absolute atomic E-state index is 0.217. The van der Waals surface area contributed by atoms with Crippen LogP contribution in [0.15, 0.2) is 0 Å². The van der Waals surface area contributed by atoms with E-state index in [4.69, 9.17) is 19.3 Å². The van der Waals surface area contributed by atoms with E-state index < -0.39 is 0 Å². The standard InChI is InChI=1S/C9H20O4/c1-9(3-4-10)7-13-8-12-6-5-11-2/h9-10H,3-8H2,1-2H3. The second-order valence-corrected chi connectivity index (χ2v) is 3.01. The summed E-state index contributed by atoms with van der Waals surface area (Å²) in [5.74, 6) is 0.385. The van der Waals surface area contributed by atoms with Crippen LogP contribution in [0.4, 0.5) is 0 Å². The molecule has 0 aliphatic carbocycles. The van der Waals surface area contributed by atoms with Crippen molar-refractivity contribution in [1.29, 1.82) is 0 Å². The third-order valence-corrected chi connectivity index (χ3v) is 1.62. The number of hydrogen-bond acceptors (Lipinski definition) is 4. The van der Waals surface area contributed by atoms with E-state index in [9.17, 15) is 0 Å². The summed E-state index contributed by atoms with van der Waals surface area (Å²) in [6, 6.07) is 0. The Morgan fingerprint density at radius 2 is 2.00 bits per heavy atom. The number of hydrogen-bond donors (Lipinski definition) is 1. The molecule has 4 nitrogen and oxygen atoms in total. The molecule has 0 heterocycles. The molecule has 1 N–H and O–H groups in total. The lowest BCUT2D eigenvalue weighted by Crippen LogP contribution is -2.11. The molecule has 0 saturated carbocycles. The fraction of sp³-hybridized carbons (Fsp3) is 1.00. The molecule has 0 saturated heterocycles. The SMILES string of the molecule is COCCOCOCC(C)CCO. The molecule has 0 aliphatic heterocycles. The normalized spacial score (nSPS) is 13.2. The highest BCUT2D eigenvalue weighted by molar-refractivity contribution is 4.48. The summed E-state index contributed by atoms with van der Waals surface area (Å²) in [6.07, 6.45) is 0.776. The summed E-state index contributed by atoms with van der Waals surface area (Å²) in [6.45, 7) is 4.34. The number of aliphatic hydroxyl groups excluding tert-OH is 1. The molecule has 0 fully saturated rings. The zero-order valence-corrected chi connectivity index (χ0v) is 8.49. The predicted octanol–water partition coefficient (Wildman–Crippen LogP) is 0.642. The molecule has 0 rings (SSSR count). The topological polar surface area (TPSA) is 47.9 Å². The van der Waals surface area contributed by atoms with Crippen LogP contribution in [0.3, 0.4) is 0 Å². The van der Waals surface area contributed by atoms with Gasteiger partial charge in [0.05, 0.1) is 19.8 Å². The average molecular weight is 192 g/mol. The minimum Gasteiger partial charge on any atom is -0.396 e. The van der Waals surface area contributed by atoms with Gasteiger partial charge in [0.25, 0.3) is 0 Å². The highest BCUT2D eigenvalue weighted by Crippen LogP contribution is 2.00. The molecule has 0 bridgehead atoms. The van der Waals surface area contributed by atoms with E-state index >= 15 is 0 Å². The molecule has 80 valence electrons. The van der Waals surface area contributed by atoms with Gasteiger partial charge in [-0.3, -0.25) is 0 Å². The van der Waals surface area contributed by atoms with Crippen molar-refractivity contribution in [3.05, 3.63) is 0 Å². The van der Waals surface area contributed by atoms with Crippen LogP contribution in [0, 0.1) is 5.92 Å². The number of methoxy groups -OCH3 is 1. The molecule has 0 amide bonds. The van der Waals surface area contributed by atoms with Crippen LogP contribution in [-0.4, -0.2) is 45.4 Å². The van der Waals surface area contributed by atoms with E-state index in [1.807, 2.05) is 6.92 Å². The van der Waals surface area contributed by atoms with Gasteiger partial charge in [0, 0.05) is 13.7 Å². The number of aliphatic hydroxyl groups is 1. The minimum atomic E-state index is 0.217. The second-order valence-electron chi connectivity index (χ2n) is 3.01. The Kier molecular flexibility index (Phi) is 9.80. The predicted molar refractivity (Wildman–Crippen MR) is 49.5 cm³/mol. The lowest BCUT2D eigenvalue weighted by Gasteiger charge is -2.10. The highest BCUT2D eigenvalue weighted by atomic mass is 16.7. The molecule has 4 heteroatoms. The summed E-state index contributed by atoms with van der Waals surface area (Å²) in [7, 11) is 1.63. The second kappa shape index (κ2) is 9.92. The van der Waals surface area contributed by atoms with Gasteiger partial charge in [-0.2, -0.15) is 0 Å². The lowest BCUT2D eigenvalue weighted by atomic mass is 10.1. The van der Waals surface area contributed by atoms with Gasteiger partial charge in [-0.1, -0.05) is 6.92 Å². The average Bonchev–Trinajstić information content (AvgIpc) is 2.11. The Labute approximate surface area is 79.8 Å². The van der Waals surface area contributed by atoms with Crippen molar-refractivity contribution in [2.45, 2.75) is 13.3 Å². The lowest BCUT2D eigenvalue weighted by molar-refractivity contribution is -0.0748. The molecular weight excluding hydrogens is 172 g/mol. The van der Waals surface area contributed by atoms with Crippen LogP contribution in [0.2, 0.25) is 0 Å². The van der Waals surface area contributed by atoms with Crippen LogP contribution < -0.4 is 0 Å². The summed E-state index contributed by atoms with van der Waals surface area (Å²) in [4.78, 5) is 0. The van der Waals surface area contributed by atoms with Crippen LogP contribution >= 0.6 is 0 Å². The first kappa shape index (κ1) is 12.8. The van der Waals surface area contributed by atoms with E-state index in [2.05, 4.69) is 0 Å². The van der Waals surface area contributed by atoms with E-state index in [1.54, 1.807) is 7.11 Å². The molecule has 1 atom stereocenters. The van der Waals surface area contributed by atoms with Gasteiger partial charge in [-0.15, -0.1) is 0 Å². The molecule has 1 unspecified atom stereocenters. The van der Waals surface area contributed by atoms with Crippen LogP contribution in [-0.2, 0) is 14.2 Å². The van der Waals surface area contributed by atoms with Gasteiger partial charge >= 0.3 is 0 Å². The van der Waals surface area contributed by atoms with Gasteiger partial charge < -0.3 is 19.3 Å². The first-order valence-electron chi connectivity index (χ1n) is 4.56. The maximum Gasteiger partial charge on any atom is 0.146 e.